The van der Waals surface area contributed by atoms with E-state index in [9.17, 15) is 23.1 Å². The fourth-order valence-corrected chi connectivity index (χ4v) is 2.72. The molecule has 1 aromatic carbocycles. The minimum atomic E-state index is -4.81. The Bertz CT molecular complexity index is 733. The Balaban J connectivity index is 0.00000176. The molecular weight excluding hydrogens is 357 g/mol. The number of rotatable bonds is 1. The molecule has 1 N–H and O–H groups in total. The van der Waals surface area contributed by atoms with Gasteiger partial charge in [0.15, 0.2) is 0 Å². The van der Waals surface area contributed by atoms with Gasteiger partial charge >= 0.3 is 12.1 Å². The average molecular weight is 386 g/mol. The Morgan fingerprint density at radius 3 is 1.89 bits per heavy atom. The first kappa shape index (κ1) is 23.1. The predicted octanol–water partition coefficient (Wildman–Crippen LogP) is 6.10. The fraction of sp³-hybridized carbons (Fsp3) is 0.571. The van der Waals surface area contributed by atoms with E-state index in [-0.39, 0.29) is 11.2 Å². The molecule has 0 saturated heterocycles. The van der Waals surface area contributed by atoms with Crippen LogP contribution in [0.5, 0.6) is 5.75 Å². The lowest BCUT2D eigenvalue weighted by Gasteiger charge is -2.33. The SMILES string of the molecule is CC.CC(C)(C)c1cc2c(c(C(C)(C)C)c1)OC(C(F)(F)F)C(C(=O)O)=C2. The highest BCUT2D eigenvalue weighted by atomic mass is 19.4. The van der Waals surface area contributed by atoms with Crippen LogP contribution in [0, 0.1) is 0 Å². The van der Waals surface area contributed by atoms with Crippen LogP contribution >= 0.6 is 0 Å². The number of aliphatic carboxylic acids is 1. The number of halogens is 3. The largest absolute Gasteiger partial charge is 0.478 e. The standard InChI is InChI=1S/C19H23F3O3.C2H6/c1-17(2,3)11-7-10-8-12(16(23)24)15(19(20,21)22)25-14(10)13(9-11)18(4,5)6;1-2/h7-9,15H,1-6H3,(H,23,24);1-2H3. The van der Waals surface area contributed by atoms with Gasteiger partial charge in [0.2, 0.25) is 6.10 Å². The topological polar surface area (TPSA) is 46.5 Å². The number of fused-ring (bicyclic) bond motifs is 1. The van der Waals surface area contributed by atoms with Crippen LogP contribution in [0.25, 0.3) is 6.08 Å². The molecule has 1 unspecified atom stereocenters. The second kappa shape index (κ2) is 7.56. The molecule has 0 aliphatic carbocycles. The highest BCUT2D eigenvalue weighted by molar-refractivity contribution is 5.95. The Morgan fingerprint density at radius 1 is 1.00 bits per heavy atom. The van der Waals surface area contributed by atoms with Gasteiger partial charge in [-0.2, -0.15) is 13.2 Å². The Labute approximate surface area is 159 Å². The lowest BCUT2D eigenvalue weighted by Crippen LogP contribution is -2.41. The summed E-state index contributed by atoms with van der Waals surface area (Å²) in [5, 5.41) is 9.21. The van der Waals surface area contributed by atoms with Gasteiger partial charge in [0.05, 0.1) is 5.57 Å². The Hall–Kier alpha value is -1.98. The second-order valence-corrected chi connectivity index (χ2v) is 8.39. The molecular formula is C21H29F3O3. The van der Waals surface area contributed by atoms with Crippen LogP contribution in [0.2, 0.25) is 0 Å². The number of hydrogen-bond acceptors (Lipinski definition) is 2. The molecule has 0 aromatic heterocycles. The molecule has 1 aromatic rings. The van der Waals surface area contributed by atoms with Crippen LogP contribution < -0.4 is 4.74 Å². The van der Waals surface area contributed by atoms with Gasteiger partial charge in [-0.05, 0) is 28.5 Å². The van der Waals surface area contributed by atoms with Crippen molar-refractivity contribution in [2.24, 2.45) is 0 Å². The summed E-state index contributed by atoms with van der Waals surface area (Å²) in [6.45, 7) is 15.6. The van der Waals surface area contributed by atoms with Gasteiger partial charge in [-0.3, -0.25) is 0 Å². The number of carboxylic acids is 1. The summed E-state index contributed by atoms with van der Waals surface area (Å²) in [4.78, 5) is 11.3. The Morgan fingerprint density at radius 2 is 1.52 bits per heavy atom. The second-order valence-electron chi connectivity index (χ2n) is 8.39. The van der Waals surface area contributed by atoms with Gasteiger partial charge in [0.1, 0.15) is 5.75 Å². The molecule has 0 spiro atoms. The van der Waals surface area contributed by atoms with E-state index in [1.54, 1.807) is 6.07 Å². The van der Waals surface area contributed by atoms with Crippen LogP contribution in [-0.2, 0) is 15.6 Å². The smallest absolute Gasteiger partial charge is 0.430 e. The van der Waals surface area contributed by atoms with E-state index in [1.807, 2.05) is 61.5 Å². The summed E-state index contributed by atoms with van der Waals surface area (Å²) in [6.07, 6.45) is -6.19. The zero-order valence-electron chi connectivity index (χ0n) is 17.2. The van der Waals surface area contributed by atoms with Crippen LogP contribution in [-0.4, -0.2) is 23.4 Å². The van der Waals surface area contributed by atoms with E-state index in [1.165, 1.54) is 0 Å². The van der Waals surface area contributed by atoms with Crippen molar-refractivity contribution < 1.29 is 27.8 Å². The predicted molar refractivity (Wildman–Crippen MR) is 101 cm³/mol. The van der Waals surface area contributed by atoms with E-state index >= 15 is 0 Å². The van der Waals surface area contributed by atoms with Crippen molar-refractivity contribution in [2.75, 3.05) is 0 Å². The van der Waals surface area contributed by atoms with Gasteiger partial charge in [-0.25, -0.2) is 4.79 Å². The quantitative estimate of drug-likeness (QED) is 0.634. The molecule has 27 heavy (non-hydrogen) atoms. The lowest BCUT2D eigenvalue weighted by atomic mass is 9.78. The van der Waals surface area contributed by atoms with Crippen LogP contribution in [0.1, 0.15) is 72.1 Å². The first-order chi connectivity index (χ1) is 12.1. The molecule has 1 aliphatic rings. The molecule has 0 bridgehead atoms. The van der Waals surface area contributed by atoms with Gasteiger partial charge in [0, 0.05) is 11.1 Å². The monoisotopic (exact) mass is 386 g/mol. The maximum absolute atomic E-state index is 13.3. The lowest BCUT2D eigenvalue weighted by molar-refractivity contribution is -0.187. The summed E-state index contributed by atoms with van der Waals surface area (Å²) < 4.78 is 45.2. The number of alkyl halides is 3. The van der Waals surface area contributed by atoms with Crippen molar-refractivity contribution in [3.05, 3.63) is 34.4 Å². The van der Waals surface area contributed by atoms with Crippen LogP contribution in [0.15, 0.2) is 17.7 Å². The summed E-state index contributed by atoms with van der Waals surface area (Å²) >= 11 is 0. The average Bonchev–Trinajstić information content (AvgIpc) is 2.51. The minimum absolute atomic E-state index is 0.104. The van der Waals surface area contributed by atoms with E-state index in [0.717, 1.165) is 11.6 Å². The maximum Gasteiger partial charge on any atom is 0.430 e. The van der Waals surface area contributed by atoms with Crippen LogP contribution in [0.3, 0.4) is 0 Å². The molecule has 2 rings (SSSR count). The summed E-state index contributed by atoms with van der Waals surface area (Å²) in [6, 6.07) is 3.56. The van der Waals surface area contributed by atoms with Crippen molar-refractivity contribution in [1.82, 2.24) is 0 Å². The first-order valence-corrected chi connectivity index (χ1v) is 8.99. The van der Waals surface area contributed by atoms with E-state index < -0.39 is 29.2 Å². The molecule has 1 atom stereocenters. The highest BCUT2D eigenvalue weighted by Gasteiger charge is 2.49. The normalized spacial score (nSPS) is 17.1. The first-order valence-electron chi connectivity index (χ1n) is 8.99. The highest BCUT2D eigenvalue weighted by Crippen LogP contribution is 2.44. The maximum atomic E-state index is 13.3. The molecule has 6 heteroatoms. The van der Waals surface area contributed by atoms with Gasteiger partial charge in [0.25, 0.3) is 0 Å². The van der Waals surface area contributed by atoms with Crippen molar-refractivity contribution in [2.45, 2.75) is 78.5 Å². The molecule has 0 fully saturated rings. The van der Waals surface area contributed by atoms with Crippen LogP contribution in [0.4, 0.5) is 13.2 Å². The number of carbonyl (C=O) groups is 1. The molecule has 1 aliphatic heterocycles. The third-order valence-electron chi connectivity index (χ3n) is 4.17. The summed E-state index contributed by atoms with van der Waals surface area (Å²) in [5.74, 6) is -1.53. The minimum Gasteiger partial charge on any atom is -0.478 e. The van der Waals surface area contributed by atoms with Gasteiger partial charge < -0.3 is 9.84 Å². The molecule has 0 radical (unpaired) electrons. The van der Waals surface area contributed by atoms with Gasteiger partial charge in [-0.15, -0.1) is 0 Å². The molecule has 0 amide bonds. The van der Waals surface area contributed by atoms with E-state index in [2.05, 4.69) is 0 Å². The Kier molecular flexibility index (Phi) is 6.46. The fourth-order valence-electron chi connectivity index (χ4n) is 2.72. The van der Waals surface area contributed by atoms with Crippen molar-refractivity contribution >= 4 is 12.0 Å². The number of ether oxygens (including phenoxy) is 1. The number of benzene rings is 1. The zero-order valence-corrected chi connectivity index (χ0v) is 17.2. The van der Waals surface area contributed by atoms with E-state index in [4.69, 9.17) is 4.74 Å². The van der Waals surface area contributed by atoms with E-state index in [0.29, 0.717) is 11.1 Å². The van der Waals surface area contributed by atoms with Crippen molar-refractivity contribution in [1.29, 1.82) is 0 Å². The molecule has 0 saturated carbocycles. The molecule has 1 heterocycles. The molecule has 3 nitrogen and oxygen atoms in total. The summed E-state index contributed by atoms with van der Waals surface area (Å²) in [5.41, 5.74) is 0.403. The summed E-state index contributed by atoms with van der Waals surface area (Å²) in [7, 11) is 0. The van der Waals surface area contributed by atoms with Crippen molar-refractivity contribution in [3.8, 4) is 5.75 Å². The number of hydrogen-bond donors (Lipinski definition) is 1. The van der Waals surface area contributed by atoms with Gasteiger partial charge in [-0.1, -0.05) is 61.5 Å². The van der Waals surface area contributed by atoms with Crippen molar-refractivity contribution in [3.63, 3.8) is 0 Å². The zero-order chi connectivity index (χ0) is 21.4. The number of carboxylic acid groups (broad SMARTS) is 1. The molecule has 152 valence electrons. The third-order valence-corrected chi connectivity index (χ3v) is 4.17. The third kappa shape index (κ3) is 5.05.